The molecule has 4 rings (SSSR count). The first-order valence-electron chi connectivity index (χ1n) is 12.0. The first-order valence-corrected chi connectivity index (χ1v) is 12.0. The SMILES string of the molecule is COC1CCC2(C)C3CCC4(C)C(CCC4C(C)(C)C)C3CCC2C1(C)C. The number of hydrogen-bond acceptors (Lipinski definition) is 1. The van der Waals surface area contributed by atoms with E-state index in [4.69, 9.17) is 4.74 Å². The van der Waals surface area contributed by atoms with E-state index in [0.717, 1.165) is 29.6 Å². The molecule has 0 bridgehead atoms. The zero-order chi connectivity index (χ0) is 19.8. The largest absolute Gasteiger partial charge is 0.381 e. The molecule has 0 radical (unpaired) electrons. The molecule has 0 heterocycles. The Morgan fingerprint density at radius 2 is 1.37 bits per heavy atom. The van der Waals surface area contributed by atoms with Crippen molar-refractivity contribution >= 4 is 0 Å². The van der Waals surface area contributed by atoms with Crippen LogP contribution in [0.25, 0.3) is 0 Å². The number of methoxy groups -OCH3 is 1. The fraction of sp³-hybridized carbons (Fsp3) is 1.00. The van der Waals surface area contributed by atoms with E-state index in [1.165, 1.54) is 51.4 Å². The minimum absolute atomic E-state index is 0.330. The molecule has 1 heteroatoms. The summed E-state index contributed by atoms with van der Waals surface area (Å²) in [5.74, 6) is 4.70. The topological polar surface area (TPSA) is 9.23 Å². The van der Waals surface area contributed by atoms with Crippen LogP contribution in [0.1, 0.15) is 99.8 Å². The maximum absolute atomic E-state index is 5.97. The van der Waals surface area contributed by atoms with Crippen molar-refractivity contribution in [1.82, 2.24) is 0 Å². The molecule has 0 saturated heterocycles. The van der Waals surface area contributed by atoms with Gasteiger partial charge in [0.15, 0.2) is 0 Å². The first-order chi connectivity index (χ1) is 12.5. The van der Waals surface area contributed by atoms with Crippen LogP contribution >= 0.6 is 0 Å². The van der Waals surface area contributed by atoms with Crippen molar-refractivity contribution in [3.63, 3.8) is 0 Å². The second-order valence-electron chi connectivity index (χ2n) is 13.1. The van der Waals surface area contributed by atoms with Crippen molar-refractivity contribution in [2.75, 3.05) is 7.11 Å². The molecule has 1 nitrogen and oxygen atoms in total. The Bertz CT molecular complexity index is 571. The van der Waals surface area contributed by atoms with E-state index < -0.39 is 0 Å². The zero-order valence-corrected chi connectivity index (χ0v) is 19.5. The average Bonchev–Trinajstić information content (AvgIpc) is 2.92. The molecular formula is C26H46O. The highest BCUT2D eigenvalue weighted by atomic mass is 16.5. The van der Waals surface area contributed by atoms with Crippen LogP contribution < -0.4 is 0 Å². The van der Waals surface area contributed by atoms with E-state index in [1.807, 2.05) is 7.11 Å². The molecular weight excluding hydrogens is 328 g/mol. The van der Waals surface area contributed by atoms with Crippen molar-refractivity contribution in [1.29, 1.82) is 0 Å². The van der Waals surface area contributed by atoms with Gasteiger partial charge in [0.1, 0.15) is 0 Å². The van der Waals surface area contributed by atoms with Gasteiger partial charge in [0, 0.05) is 7.11 Å². The molecule has 0 aliphatic heterocycles. The van der Waals surface area contributed by atoms with Gasteiger partial charge < -0.3 is 4.74 Å². The summed E-state index contributed by atoms with van der Waals surface area (Å²) in [5.41, 5.74) is 1.94. The Hall–Kier alpha value is -0.0400. The van der Waals surface area contributed by atoms with Gasteiger partial charge in [-0.1, -0.05) is 48.5 Å². The lowest BCUT2D eigenvalue weighted by Gasteiger charge is -2.65. The Morgan fingerprint density at radius 1 is 0.741 bits per heavy atom. The Morgan fingerprint density at radius 3 is 2.00 bits per heavy atom. The van der Waals surface area contributed by atoms with Crippen LogP contribution in [-0.4, -0.2) is 13.2 Å². The highest BCUT2D eigenvalue weighted by molar-refractivity contribution is 5.13. The van der Waals surface area contributed by atoms with E-state index in [1.54, 1.807) is 0 Å². The fourth-order valence-electron chi connectivity index (χ4n) is 9.92. The summed E-state index contributed by atoms with van der Waals surface area (Å²) in [6, 6.07) is 0. The molecule has 0 amide bonds. The number of fused-ring (bicyclic) bond motifs is 5. The van der Waals surface area contributed by atoms with Crippen LogP contribution in [0.4, 0.5) is 0 Å². The lowest BCUT2D eigenvalue weighted by molar-refractivity contribution is -0.186. The quantitative estimate of drug-likeness (QED) is 0.466. The van der Waals surface area contributed by atoms with Crippen molar-refractivity contribution in [2.24, 2.45) is 51.2 Å². The van der Waals surface area contributed by atoms with E-state index in [9.17, 15) is 0 Å². The maximum Gasteiger partial charge on any atom is 0.0625 e. The molecule has 0 aromatic rings. The molecule has 8 unspecified atom stereocenters. The van der Waals surface area contributed by atoms with E-state index >= 15 is 0 Å². The Balaban J connectivity index is 1.63. The van der Waals surface area contributed by atoms with Gasteiger partial charge in [-0.15, -0.1) is 0 Å². The molecule has 4 aliphatic rings. The lowest BCUT2D eigenvalue weighted by Crippen LogP contribution is -2.59. The minimum atomic E-state index is 0.330. The summed E-state index contributed by atoms with van der Waals surface area (Å²) in [4.78, 5) is 0. The molecule has 4 fully saturated rings. The van der Waals surface area contributed by atoms with Gasteiger partial charge in [0.05, 0.1) is 6.10 Å². The van der Waals surface area contributed by atoms with E-state index in [-0.39, 0.29) is 0 Å². The monoisotopic (exact) mass is 374 g/mol. The summed E-state index contributed by atoms with van der Waals surface area (Å²) in [5, 5.41) is 0. The van der Waals surface area contributed by atoms with Gasteiger partial charge in [0.2, 0.25) is 0 Å². The van der Waals surface area contributed by atoms with Crippen molar-refractivity contribution in [3.8, 4) is 0 Å². The predicted molar refractivity (Wildman–Crippen MR) is 115 cm³/mol. The van der Waals surface area contributed by atoms with Crippen LogP contribution in [0.3, 0.4) is 0 Å². The summed E-state index contributed by atoms with van der Waals surface area (Å²) in [6.07, 6.45) is 12.0. The minimum Gasteiger partial charge on any atom is -0.381 e. The zero-order valence-electron chi connectivity index (χ0n) is 19.5. The van der Waals surface area contributed by atoms with Gasteiger partial charge in [-0.25, -0.2) is 0 Å². The molecule has 0 N–H and O–H groups in total. The standard InChI is InChI=1S/C26H46O/c1-23(2,3)20-12-10-18-17-9-11-21-24(4,5)22(27-8)14-16-26(21,7)19(17)13-15-25(18,20)6/h17-22H,9-16H2,1-8H3. The third kappa shape index (κ3) is 2.72. The molecule has 0 spiro atoms. The molecule has 4 saturated carbocycles. The van der Waals surface area contributed by atoms with Crippen molar-refractivity contribution < 1.29 is 4.74 Å². The van der Waals surface area contributed by atoms with E-state index in [2.05, 4.69) is 48.5 Å². The molecule has 0 aromatic carbocycles. The third-order valence-electron chi connectivity index (χ3n) is 10.9. The lowest BCUT2D eigenvalue weighted by atomic mass is 9.40. The van der Waals surface area contributed by atoms with Crippen molar-refractivity contribution in [2.45, 2.75) is 106 Å². The summed E-state index contributed by atoms with van der Waals surface area (Å²) < 4.78 is 5.97. The van der Waals surface area contributed by atoms with E-state index in [0.29, 0.717) is 27.8 Å². The van der Waals surface area contributed by atoms with Crippen LogP contribution in [0.5, 0.6) is 0 Å². The molecule has 8 atom stereocenters. The molecule has 0 aromatic heterocycles. The van der Waals surface area contributed by atoms with Gasteiger partial charge >= 0.3 is 0 Å². The second kappa shape index (κ2) is 6.23. The van der Waals surface area contributed by atoms with Gasteiger partial charge in [0.25, 0.3) is 0 Å². The highest BCUT2D eigenvalue weighted by Crippen LogP contribution is 2.71. The highest BCUT2D eigenvalue weighted by Gasteiger charge is 2.64. The summed E-state index contributed by atoms with van der Waals surface area (Å²) in [6.45, 7) is 17.9. The summed E-state index contributed by atoms with van der Waals surface area (Å²) in [7, 11) is 1.94. The normalized spacial score (nSPS) is 52.0. The van der Waals surface area contributed by atoms with Gasteiger partial charge in [-0.2, -0.15) is 0 Å². The maximum atomic E-state index is 5.97. The van der Waals surface area contributed by atoms with Gasteiger partial charge in [-0.3, -0.25) is 0 Å². The smallest absolute Gasteiger partial charge is 0.0625 e. The molecule has 4 aliphatic carbocycles. The average molecular weight is 375 g/mol. The first kappa shape index (κ1) is 20.2. The number of hydrogen-bond donors (Lipinski definition) is 0. The number of ether oxygens (including phenoxy) is 1. The number of rotatable bonds is 1. The second-order valence-corrected chi connectivity index (χ2v) is 13.1. The predicted octanol–water partition coefficient (Wildman–Crippen LogP) is 7.34. The summed E-state index contributed by atoms with van der Waals surface area (Å²) >= 11 is 0. The Labute approximate surface area is 169 Å². The van der Waals surface area contributed by atoms with Crippen LogP contribution in [0.15, 0.2) is 0 Å². The fourth-order valence-corrected chi connectivity index (χ4v) is 9.92. The molecule has 27 heavy (non-hydrogen) atoms. The Kier molecular flexibility index (Phi) is 4.67. The van der Waals surface area contributed by atoms with Crippen LogP contribution in [0.2, 0.25) is 0 Å². The van der Waals surface area contributed by atoms with Crippen LogP contribution in [-0.2, 0) is 4.74 Å². The van der Waals surface area contributed by atoms with Crippen LogP contribution in [0, 0.1) is 51.2 Å². The third-order valence-corrected chi connectivity index (χ3v) is 10.9. The van der Waals surface area contributed by atoms with Gasteiger partial charge in [-0.05, 0) is 103 Å². The molecule has 156 valence electrons. The van der Waals surface area contributed by atoms with Crippen molar-refractivity contribution in [3.05, 3.63) is 0 Å².